The van der Waals surface area contributed by atoms with Crippen LogP contribution in [-0.4, -0.2) is 10.2 Å². The fourth-order valence-corrected chi connectivity index (χ4v) is 3.80. The minimum atomic E-state index is 0.152. The summed E-state index contributed by atoms with van der Waals surface area (Å²) in [6.45, 7) is 2.06. The van der Waals surface area contributed by atoms with Crippen LogP contribution in [-0.2, 0) is 0 Å². The van der Waals surface area contributed by atoms with Gasteiger partial charge in [0.2, 0.25) is 0 Å². The van der Waals surface area contributed by atoms with Crippen LogP contribution in [0.5, 0.6) is 0 Å². The van der Waals surface area contributed by atoms with Gasteiger partial charge in [-0.2, -0.15) is 0 Å². The molecule has 0 bridgehead atoms. The smallest absolute Gasteiger partial charge is 0.265 e. The Hall–Kier alpha value is -2.44. The number of rotatable bonds is 2. The Morgan fingerprint density at radius 1 is 1.12 bits per heavy atom. The number of aryl methyl sites for hydroxylation is 1. The van der Waals surface area contributed by atoms with Gasteiger partial charge in [-0.15, -0.1) is 11.3 Å². The number of benzene rings is 2. The Kier molecular flexibility index (Phi) is 4.15. The second kappa shape index (κ2) is 6.46. The predicted molar refractivity (Wildman–Crippen MR) is 103 cm³/mol. The third-order valence-electron chi connectivity index (χ3n) is 3.88. The van der Waals surface area contributed by atoms with E-state index in [1.165, 1.54) is 16.9 Å². The van der Waals surface area contributed by atoms with Crippen molar-refractivity contribution in [3.63, 3.8) is 0 Å². The van der Waals surface area contributed by atoms with Crippen LogP contribution in [0.2, 0.25) is 0 Å². The van der Waals surface area contributed by atoms with Crippen molar-refractivity contribution in [3.8, 4) is 21.8 Å². The van der Waals surface area contributed by atoms with E-state index < -0.39 is 0 Å². The molecule has 1 N–H and O–H groups in total. The molecule has 124 valence electrons. The molecule has 4 rings (SSSR count). The zero-order valence-corrected chi connectivity index (χ0v) is 15.6. The summed E-state index contributed by atoms with van der Waals surface area (Å²) in [4.78, 5) is 4.69. The van der Waals surface area contributed by atoms with Crippen molar-refractivity contribution in [2.75, 3.05) is 0 Å². The highest BCUT2D eigenvalue weighted by Gasteiger charge is 2.12. The molecule has 0 aliphatic carbocycles. The summed E-state index contributed by atoms with van der Waals surface area (Å²) in [7, 11) is 0. The average Bonchev–Trinajstić information content (AvgIpc) is 3.11. The van der Waals surface area contributed by atoms with E-state index >= 15 is 0 Å². The predicted octanol–water partition coefficient (Wildman–Crippen LogP) is 5.58. The Labute approximate surface area is 156 Å². The number of halogens is 1. The van der Waals surface area contributed by atoms with Crippen molar-refractivity contribution in [3.05, 3.63) is 69.5 Å². The van der Waals surface area contributed by atoms with Gasteiger partial charge in [0.15, 0.2) is 0 Å². The van der Waals surface area contributed by atoms with Crippen LogP contribution in [0.4, 0.5) is 0 Å². The maximum absolute atomic E-state index is 9.35. The van der Waals surface area contributed by atoms with Gasteiger partial charge in [-0.3, -0.25) is 0 Å². The highest BCUT2D eigenvalue weighted by Crippen LogP contribution is 2.29. The maximum atomic E-state index is 9.35. The Morgan fingerprint density at radius 3 is 2.68 bits per heavy atom. The molecule has 0 unspecified atom stereocenters. The summed E-state index contributed by atoms with van der Waals surface area (Å²) in [5, 5.41) is 16.3. The lowest BCUT2D eigenvalue weighted by atomic mass is 10.1. The summed E-state index contributed by atoms with van der Waals surface area (Å²) in [6.07, 6.45) is 0. The highest BCUT2D eigenvalue weighted by atomic mass is 79.9. The number of fused-ring (bicyclic) bond motifs is 1. The van der Waals surface area contributed by atoms with E-state index in [0.29, 0.717) is 11.1 Å². The van der Waals surface area contributed by atoms with Crippen molar-refractivity contribution < 1.29 is 9.62 Å². The number of hydrogen-bond acceptors (Lipinski definition) is 5. The summed E-state index contributed by atoms with van der Waals surface area (Å²) >= 11 is 4.95. The second-order valence-corrected chi connectivity index (χ2v) is 7.43. The summed E-state index contributed by atoms with van der Waals surface area (Å²) in [5.41, 5.74) is 4.61. The molecule has 0 aliphatic rings. The zero-order chi connectivity index (χ0) is 17.4. The second-order valence-electron chi connectivity index (χ2n) is 5.65. The minimum Gasteiger partial charge on any atom is -0.435 e. The fraction of sp³-hybridized carbons (Fsp3) is 0.0526. The molecular formula is C19H13BrN2O2S. The lowest BCUT2D eigenvalue weighted by Crippen LogP contribution is -2.05. The van der Waals surface area contributed by atoms with Gasteiger partial charge in [-0.25, -0.2) is 4.98 Å². The number of thiazole rings is 1. The van der Waals surface area contributed by atoms with Crippen LogP contribution in [0.3, 0.4) is 0 Å². The van der Waals surface area contributed by atoms with Gasteiger partial charge in [0.25, 0.3) is 5.55 Å². The molecular weight excluding hydrogens is 400 g/mol. The van der Waals surface area contributed by atoms with Crippen LogP contribution < -0.4 is 5.55 Å². The van der Waals surface area contributed by atoms with Crippen LogP contribution in [0.1, 0.15) is 5.56 Å². The lowest BCUT2D eigenvalue weighted by molar-refractivity contribution is 0.277. The molecule has 2 aromatic heterocycles. The molecule has 4 nitrogen and oxygen atoms in total. The molecule has 0 spiro atoms. The van der Waals surface area contributed by atoms with Gasteiger partial charge in [0.1, 0.15) is 10.6 Å². The molecule has 2 heterocycles. The first kappa shape index (κ1) is 16.1. The molecule has 0 saturated heterocycles. The van der Waals surface area contributed by atoms with E-state index in [0.717, 1.165) is 26.1 Å². The lowest BCUT2D eigenvalue weighted by Gasteiger charge is -2.02. The van der Waals surface area contributed by atoms with Crippen molar-refractivity contribution >= 4 is 38.2 Å². The van der Waals surface area contributed by atoms with Crippen molar-refractivity contribution in [2.24, 2.45) is 5.16 Å². The van der Waals surface area contributed by atoms with Gasteiger partial charge in [0, 0.05) is 20.8 Å². The maximum Gasteiger partial charge on any atom is 0.265 e. The van der Waals surface area contributed by atoms with Gasteiger partial charge >= 0.3 is 0 Å². The number of hydrogen-bond donors (Lipinski definition) is 1. The van der Waals surface area contributed by atoms with Crippen molar-refractivity contribution in [2.45, 2.75) is 6.92 Å². The first-order chi connectivity index (χ1) is 12.1. The molecule has 0 radical (unpaired) electrons. The third kappa shape index (κ3) is 3.10. The molecule has 4 aromatic rings. The van der Waals surface area contributed by atoms with E-state index in [-0.39, 0.29) is 5.55 Å². The normalized spacial score (nSPS) is 12.0. The Morgan fingerprint density at radius 2 is 1.92 bits per heavy atom. The van der Waals surface area contributed by atoms with Gasteiger partial charge in [-0.1, -0.05) is 45.8 Å². The SMILES string of the molecule is Cc1ccc(-c2csc(-c3cc4cc(Br)ccc4o/c3=N/O)n2)cc1. The van der Waals surface area contributed by atoms with Crippen molar-refractivity contribution in [1.82, 2.24) is 4.98 Å². The van der Waals surface area contributed by atoms with Crippen molar-refractivity contribution in [1.29, 1.82) is 0 Å². The quantitative estimate of drug-likeness (QED) is 0.345. The van der Waals surface area contributed by atoms with Crippen LogP contribution in [0.25, 0.3) is 32.8 Å². The standard InChI is InChI=1S/C19H13BrN2O2S/c1-11-2-4-12(5-3-11)16-10-25-19(21-16)15-9-13-8-14(20)6-7-17(13)24-18(15)22-23/h2-10,23H,1H3/b22-18+. The van der Waals surface area contributed by atoms with Crippen LogP contribution >= 0.6 is 27.3 Å². The average molecular weight is 413 g/mol. The molecule has 2 aromatic carbocycles. The van der Waals surface area contributed by atoms with E-state index in [2.05, 4.69) is 40.1 Å². The number of aromatic nitrogens is 1. The molecule has 0 atom stereocenters. The first-order valence-corrected chi connectivity index (χ1v) is 9.26. The third-order valence-corrected chi connectivity index (χ3v) is 5.25. The highest BCUT2D eigenvalue weighted by molar-refractivity contribution is 9.10. The largest absolute Gasteiger partial charge is 0.435 e. The monoisotopic (exact) mass is 412 g/mol. The molecule has 0 fully saturated rings. The zero-order valence-electron chi connectivity index (χ0n) is 13.2. The van der Waals surface area contributed by atoms with E-state index in [9.17, 15) is 5.21 Å². The molecule has 0 saturated carbocycles. The van der Waals surface area contributed by atoms with E-state index in [1.54, 1.807) is 0 Å². The topological polar surface area (TPSA) is 58.6 Å². The Balaban J connectivity index is 1.85. The first-order valence-electron chi connectivity index (χ1n) is 7.58. The Bertz CT molecular complexity index is 1130. The molecule has 0 aliphatic heterocycles. The number of nitrogens with zero attached hydrogens (tertiary/aromatic N) is 2. The van der Waals surface area contributed by atoms with Gasteiger partial charge in [0.05, 0.1) is 11.3 Å². The van der Waals surface area contributed by atoms with Crippen LogP contribution in [0.15, 0.2) is 68.0 Å². The van der Waals surface area contributed by atoms with Gasteiger partial charge < -0.3 is 9.62 Å². The van der Waals surface area contributed by atoms with E-state index in [4.69, 9.17) is 9.40 Å². The fourth-order valence-electron chi connectivity index (χ4n) is 2.58. The van der Waals surface area contributed by atoms with Crippen LogP contribution in [0, 0.1) is 6.92 Å². The molecule has 6 heteroatoms. The van der Waals surface area contributed by atoms with E-state index in [1.807, 2.05) is 41.8 Å². The summed E-state index contributed by atoms with van der Waals surface area (Å²) in [5.74, 6) is 0. The molecule has 0 amide bonds. The summed E-state index contributed by atoms with van der Waals surface area (Å²) in [6, 6.07) is 15.8. The summed E-state index contributed by atoms with van der Waals surface area (Å²) < 4.78 is 6.66. The molecule has 25 heavy (non-hydrogen) atoms. The minimum absolute atomic E-state index is 0.152. The van der Waals surface area contributed by atoms with Gasteiger partial charge in [-0.05, 0) is 36.3 Å².